The average Bonchev–Trinajstić information content (AvgIpc) is 2.42. The number of halogens is 1. The van der Waals surface area contributed by atoms with Gasteiger partial charge in [-0.2, -0.15) is 0 Å². The van der Waals surface area contributed by atoms with Crippen LogP contribution in [0.5, 0.6) is 11.5 Å². The number of fused-ring (bicyclic) bond motifs is 1. The lowest BCUT2D eigenvalue weighted by Gasteiger charge is -2.19. The Hall–Kier alpha value is -0.700. The van der Waals surface area contributed by atoms with Gasteiger partial charge in [-0.1, -0.05) is 28.1 Å². The van der Waals surface area contributed by atoms with Gasteiger partial charge in [-0.25, -0.2) is 0 Å². The van der Waals surface area contributed by atoms with Crippen molar-refractivity contribution in [1.82, 2.24) is 0 Å². The molecule has 1 aliphatic heterocycles. The molecule has 3 heteroatoms. The Kier molecular flexibility index (Phi) is 1.76. The van der Waals surface area contributed by atoms with Crippen LogP contribution in [0.25, 0.3) is 0 Å². The number of rotatable bonds is 1. The van der Waals surface area contributed by atoms with Crippen molar-refractivity contribution in [2.24, 2.45) is 0 Å². The van der Waals surface area contributed by atoms with Crippen LogP contribution in [0.4, 0.5) is 0 Å². The molecular formula is C9H9BrO2. The van der Waals surface area contributed by atoms with E-state index in [0.29, 0.717) is 5.33 Å². The number of hydrogen-bond donors (Lipinski definition) is 0. The first kappa shape index (κ1) is 7.92. The van der Waals surface area contributed by atoms with Gasteiger partial charge in [-0.15, -0.1) is 0 Å². The highest BCUT2D eigenvalue weighted by Gasteiger charge is 2.35. The van der Waals surface area contributed by atoms with Gasteiger partial charge in [-0.05, 0) is 12.1 Å². The van der Waals surface area contributed by atoms with Crippen molar-refractivity contribution >= 4 is 15.9 Å². The third-order valence-electron chi connectivity index (χ3n) is 1.74. The second kappa shape index (κ2) is 2.66. The summed E-state index contributed by atoms with van der Waals surface area (Å²) in [5, 5.41) is 0.661. The van der Waals surface area contributed by atoms with E-state index in [-0.39, 0.29) is 0 Å². The van der Waals surface area contributed by atoms with Crippen LogP contribution >= 0.6 is 15.9 Å². The Morgan fingerprint density at radius 1 is 1.25 bits per heavy atom. The maximum absolute atomic E-state index is 5.57. The maximum atomic E-state index is 5.57. The predicted octanol–water partition coefficient (Wildman–Crippen LogP) is 2.57. The zero-order valence-corrected chi connectivity index (χ0v) is 8.30. The van der Waals surface area contributed by atoms with Gasteiger partial charge >= 0.3 is 0 Å². The summed E-state index contributed by atoms with van der Waals surface area (Å²) in [7, 11) is 0. The summed E-state index contributed by atoms with van der Waals surface area (Å²) in [5.74, 6) is 1.10. The molecule has 0 saturated heterocycles. The lowest BCUT2D eigenvalue weighted by atomic mass is 10.3. The molecule has 1 aromatic carbocycles. The van der Waals surface area contributed by atoms with E-state index in [9.17, 15) is 0 Å². The van der Waals surface area contributed by atoms with Crippen molar-refractivity contribution in [2.75, 3.05) is 5.33 Å². The van der Waals surface area contributed by atoms with Crippen LogP contribution < -0.4 is 9.47 Å². The van der Waals surface area contributed by atoms with Gasteiger partial charge in [0, 0.05) is 6.92 Å². The van der Waals surface area contributed by atoms with Crippen molar-refractivity contribution < 1.29 is 9.47 Å². The Balaban J connectivity index is 2.33. The number of alkyl halides is 1. The molecule has 0 amide bonds. The standard InChI is InChI=1S/C9H9BrO2/c1-9(6-10)11-7-4-2-3-5-8(7)12-9/h2-5H,6H2,1H3. The molecule has 0 N–H and O–H groups in total. The van der Waals surface area contributed by atoms with E-state index in [1.165, 1.54) is 0 Å². The van der Waals surface area contributed by atoms with E-state index in [4.69, 9.17) is 9.47 Å². The number of ether oxygens (including phenoxy) is 2. The fraction of sp³-hybridized carbons (Fsp3) is 0.333. The summed E-state index contributed by atoms with van der Waals surface area (Å²) in [4.78, 5) is 0. The van der Waals surface area contributed by atoms with Crippen LogP contribution in [-0.2, 0) is 0 Å². The normalized spacial score (nSPS) is 17.8. The molecular weight excluding hydrogens is 220 g/mol. The fourth-order valence-electron chi connectivity index (χ4n) is 1.16. The van der Waals surface area contributed by atoms with Crippen LogP contribution in [0.2, 0.25) is 0 Å². The first-order valence-electron chi connectivity index (χ1n) is 3.76. The van der Waals surface area contributed by atoms with Gasteiger partial charge in [0.25, 0.3) is 5.79 Å². The number of hydrogen-bond acceptors (Lipinski definition) is 2. The van der Waals surface area contributed by atoms with E-state index in [1.807, 2.05) is 31.2 Å². The molecule has 0 unspecified atom stereocenters. The molecule has 0 aliphatic carbocycles. The summed E-state index contributed by atoms with van der Waals surface area (Å²) in [6.45, 7) is 1.90. The number of benzene rings is 1. The van der Waals surface area contributed by atoms with Gasteiger partial charge in [0.15, 0.2) is 11.5 Å². The summed E-state index contributed by atoms with van der Waals surface area (Å²) in [6.07, 6.45) is 0. The Bertz CT molecular complexity index is 273. The first-order valence-corrected chi connectivity index (χ1v) is 4.89. The maximum Gasteiger partial charge on any atom is 0.258 e. The number of para-hydroxylation sites is 2. The van der Waals surface area contributed by atoms with Crippen molar-refractivity contribution in [3.05, 3.63) is 24.3 Å². The molecule has 0 saturated carbocycles. The van der Waals surface area contributed by atoms with Gasteiger partial charge in [0.05, 0.1) is 5.33 Å². The molecule has 12 heavy (non-hydrogen) atoms. The molecule has 1 aromatic rings. The molecule has 2 nitrogen and oxygen atoms in total. The Labute approximate surface area is 79.6 Å². The Morgan fingerprint density at radius 2 is 1.75 bits per heavy atom. The minimum Gasteiger partial charge on any atom is -0.448 e. The highest BCUT2D eigenvalue weighted by atomic mass is 79.9. The minimum atomic E-state index is -0.538. The fourth-order valence-corrected chi connectivity index (χ4v) is 1.39. The van der Waals surface area contributed by atoms with Gasteiger partial charge < -0.3 is 9.47 Å². The predicted molar refractivity (Wildman–Crippen MR) is 49.9 cm³/mol. The third-order valence-corrected chi connectivity index (χ3v) is 2.76. The molecule has 2 rings (SSSR count). The molecule has 0 radical (unpaired) electrons. The summed E-state index contributed by atoms with van der Waals surface area (Å²) in [6, 6.07) is 7.68. The average molecular weight is 229 g/mol. The van der Waals surface area contributed by atoms with E-state index in [0.717, 1.165) is 11.5 Å². The van der Waals surface area contributed by atoms with Crippen LogP contribution in [0.3, 0.4) is 0 Å². The highest BCUT2D eigenvalue weighted by molar-refractivity contribution is 9.09. The van der Waals surface area contributed by atoms with E-state index in [1.54, 1.807) is 0 Å². The lowest BCUT2D eigenvalue weighted by Crippen LogP contribution is -2.36. The summed E-state index contributed by atoms with van der Waals surface area (Å²) in [5.41, 5.74) is 0. The van der Waals surface area contributed by atoms with Gasteiger partial charge in [-0.3, -0.25) is 0 Å². The molecule has 0 aromatic heterocycles. The largest absolute Gasteiger partial charge is 0.448 e. The monoisotopic (exact) mass is 228 g/mol. The molecule has 0 atom stereocenters. The van der Waals surface area contributed by atoms with Gasteiger partial charge in [0.2, 0.25) is 0 Å². The van der Waals surface area contributed by atoms with Crippen LogP contribution in [0, 0.1) is 0 Å². The van der Waals surface area contributed by atoms with Crippen molar-refractivity contribution in [3.63, 3.8) is 0 Å². The summed E-state index contributed by atoms with van der Waals surface area (Å²) < 4.78 is 11.1. The zero-order valence-electron chi connectivity index (χ0n) is 6.71. The van der Waals surface area contributed by atoms with Crippen LogP contribution in [-0.4, -0.2) is 11.1 Å². The topological polar surface area (TPSA) is 18.5 Å². The van der Waals surface area contributed by atoms with Crippen molar-refractivity contribution in [2.45, 2.75) is 12.7 Å². The molecule has 1 aliphatic rings. The van der Waals surface area contributed by atoms with E-state index < -0.39 is 5.79 Å². The minimum absolute atomic E-state index is 0.538. The quantitative estimate of drug-likeness (QED) is 0.689. The lowest BCUT2D eigenvalue weighted by molar-refractivity contribution is -0.0372. The third kappa shape index (κ3) is 1.18. The smallest absolute Gasteiger partial charge is 0.258 e. The Morgan fingerprint density at radius 3 is 2.17 bits per heavy atom. The molecule has 1 heterocycles. The SMILES string of the molecule is CC1(CBr)Oc2ccccc2O1. The highest BCUT2D eigenvalue weighted by Crippen LogP contribution is 2.39. The molecule has 64 valence electrons. The zero-order chi connectivity index (χ0) is 8.60. The van der Waals surface area contributed by atoms with Crippen molar-refractivity contribution in [1.29, 1.82) is 0 Å². The van der Waals surface area contributed by atoms with Crippen molar-refractivity contribution in [3.8, 4) is 11.5 Å². The second-order valence-electron chi connectivity index (χ2n) is 2.92. The van der Waals surface area contributed by atoms with Gasteiger partial charge in [0.1, 0.15) is 0 Å². The first-order chi connectivity index (χ1) is 5.73. The van der Waals surface area contributed by atoms with E-state index >= 15 is 0 Å². The molecule has 0 bridgehead atoms. The second-order valence-corrected chi connectivity index (χ2v) is 3.48. The summed E-state index contributed by atoms with van der Waals surface area (Å²) >= 11 is 3.34. The van der Waals surface area contributed by atoms with Crippen LogP contribution in [0.15, 0.2) is 24.3 Å². The molecule has 0 fully saturated rings. The molecule has 0 spiro atoms. The van der Waals surface area contributed by atoms with E-state index in [2.05, 4.69) is 15.9 Å². The van der Waals surface area contributed by atoms with Crippen LogP contribution in [0.1, 0.15) is 6.92 Å².